The molecule has 0 fully saturated rings. The molecule has 0 saturated heterocycles. The molecule has 2 aromatic rings. The highest BCUT2D eigenvalue weighted by Gasteiger charge is 2.44. The minimum Gasteiger partial charge on any atom is -0.341 e. The molecule has 34 heavy (non-hydrogen) atoms. The van der Waals surface area contributed by atoms with Gasteiger partial charge >= 0.3 is 6.03 Å². The Morgan fingerprint density at radius 3 is 2.56 bits per heavy atom. The summed E-state index contributed by atoms with van der Waals surface area (Å²) in [6.45, 7) is 3.31. The van der Waals surface area contributed by atoms with Crippen LogP contribution in [0.2, 0.25) is 10.0 Å². The summed E-state index contributed by atoms with van der Waals surface area (Å²) in [7, 11) is 1.75. The third kappa shape index (κ3) is 4.76. The zero-order valence-corrected chi connectivity index (χ0v) is 20.6. The van der Waals surface area contributed by atoms with E-state index in [9.17, 15) is 14.4 Å². The van der Waals surface area contributed by atoms with Gasteiger partial charge < -0.3 is 15.1 Å². The summed E-state index contributed by atoms with van der Waals surface area (Å²) in [6, 6.07) is 13.8. The molecule has 1 atom stereocenters. The number of benzene rings is 2. The van der Waals surface area contributed by atoms with E-state index in [1.807, 2.05) is 37.3 Å². The van der Waals surface area contributed by atoms with E-state index in [1.54, 1.807) is 39.9 Å². The van der Waals surface area contributed by atoms with E-state index < -0.39 is 6.04 Å². The molecular formula is C25H26Cl2N4O3. The van der Waals surface area contributed by atoms with Crippen LogP contribution >= 0.6 is 23.2 Å². The van der Waals surface area contributed by atoms with Crippen LogP contribution in [0.4, 0.5) is 4.79 Å². The van der Waals surface area contributed by atoms with Gasteiger partial charge in [0, 0.05) is 43.1 Å². The van der Waals surface area contributed by atoms with Crippen molar-refractivity contribution < 1.29 is 14.4 Å². The van der Waals surface area contributed by atoms with Crippen molar-refractivity contribution in [1.82, 2.24) is 20.0 Å². The number of carbonyl (C=O) groups excluding carboxylic acids is 3. The van der Waals surface area contributed by atoms with Gasteiger partial charge in [0.2, 0.25) is 5.91 Å². The second-order valence-corrected chi connectivity index (χ2v) is 9.21. The van der Waals surface area contributed by atoms with Gasteiger partial charge in [-0.1, -0.05) is 59.6 Å². The van der Waals surface area contributed by atoms with Gasteiger partial charge in [-0.15, -0.1) is 0 Å². The molecule has 9 heteroatoms. The quantitative estimate of drug-likeness (QED) is 0.618. The molecule has 2 aliphatic heterocycles. The van der Waals surface area contributed by atoms with Crippen molar-refractivity contribution in [3.05, 3.63) is 81.0 Å². The maximum Gasteiger partial charge on any atom is 0.322 e. The summed E-state index contributed by atoms with van der Waals surface area (Å²) in [5.74, 6) is -0.261. The average molecular weight is 501 g/mol. The number of amides is 4. The minimum absolute atomic E-state index is 0.0552. The molecule has 2 heterocycles. The number of rotatable bonds is 7. The smallest absolute Gasteiger partial charge is 0.322 e. The molecule has 2 aliphatic rings. The van der Waals surface area contributed by atoms with Crippen LogP contribution in [0.25, 0.3) is 0 Å². The SMILES string of the molecule is CCN1C(=O)N[C@@H](c2ccc(Cl)cc2Cl)C2=C1CN(CCC(=O)N(C)Cc1ccccc1)C2=O. The summed E-state index contributed by atoms with van der Waals surface area (Å²) in [5.41, 5.74) is 2.78. The number of nitrogens with one attached hydrogen (secondary N) is 1. The van der Waals surface area contributed by atoms with Gasteiger partial charge in [0.05, 0.1) is 23.9 Å². The van der Waals surface area contributed by atoms with Crippen LogP contribution in [0, 0.1) is 0 Å². The fraction of sp³-hybridized carbons (Fsp3) is 0.320. The maximum absolute atomic E-state index is 13.4. The standard InChI is InChI=1S/C25H26Cl2N4O3/c1-3-31-20-15-30(12-11-21(32)29(2)14-16-7-5-4-6-8-16)24(33)22(20)23(28-25(31)34)18-10-9-17(26)13-19(18)27/h4-10,13,23H,3,11-12,14-15H2,1-2H3,(H,28,34)/t23-/m0/s1. The fourth-order valence-electron chi connectivity index (χ4n) is 4.40. The maximum atomic E-state index is 13.4. The number of carbonyl (C=O) groups is 3. The first-order valence-corrected chi connectivity index (χ1v) is 11.9. The molecule has 4 amide bonds. The number of nitrogens with zero attached hydrogens (tertiary/aromatic N) is 3. The van der Waals surface area contributed by atoms with Gasteiger partial charge in [0.25, 0.3) is 5.91 Å². The van der Waals surface area contributed by atoms with Crippen LogP contribution in [0.15, 0.2) is 59.8 Å². The molecule has 4 rings (SSSR count). The summed E-state index contributed by atoms with van der Waals surface area (Å²) in [4.78, 5) is 43.8. The normalized spacial score (nSPS) is 17.7. The molecule has 0 radical (unpaired) electrons. The van der Waals surface area contributed by atoms with Crippen molar-refractivity contribution in [2.75, 3.05) is 26.7 Å². The lowest BCUT2D eigenvalue weighted by Crippen LogP contribution is -2.47. The Labute approximate surface area is 208 Å². The van der Waals surface area contributed by atoms with E-state index in [-0.39, 0.29) is 37.4 Å². The highest BCUT2D eigenvalue weighted by molar-refractivity contribution is 6.35. The van der Waals surface area contributed by atoms with E-state index in [4.69, 9.17) is 23.2 Å². The van der Waals surface area contributed by atoms with Crippen molar-refractivity contribution in [3.8, 4) is 0 Å². The van der Waals surface area contributed by atoms with E-state index in [1.165, 1.54) is 0 Å². The highest BCUT2D eigenvalue weighted by Crippen LogP contribution is 2.39. The van der Waals surface area contributed by atoms with Crippen molar-refractivity contribution >= 4 is 41.0 Å². The summed E-state index contributed by atoms with van der Waals surface area (Å²) in [6.07, 6.45) is 0.190. The van der Waals surface area contributed by atoms with Gasteiger partial charge in [-0.2, -0.15) is 0 Å². The van der Waals surface area contributed by atoms with Crippen molar-refractivity contribution in [2.45, 2.75) is 25.9 Å². The summed E-state index contributed by atoms with van der Waals surface area (Å²) < 4.78 is 0. The van der Waals surface area contributed by atoms with Crippen LogP contribution in [0.3, 0.4) is 0 Å². The number of hydrogen-bond acceptors (Lipinski definition) is 3. The average Bonchev–Trinajstić information content (AvgIpc) is 3.13. The van der Waals surface area contributed by atoms with Crippen molar-refractivity contribution in [2.24, 2.45) is 0 Å². The molecular weight excluding hydrogens is 475 g/mol. The predicted octanol–water partition coefficient (Wildman–Crippen LogP) is 4.22. The third-order valence-electron chi connectivity index (χ3n) is 6.17. The predicted molar refractivity (Wildman–Crippen MR) is 131 cm³/mol. The summed E-state index contributed by atoms with van der Waals surface area (Å²) in [5, 5.41) is 3.75. The van der Waals surface area contributed by atoms with E-state index in [0.29, 0.717) is 40.0 Å². The van der Waals surface area contributed by atoms with Gasteiger partial charge in [-0.3, -0.25) is 14.5 Å². The lowest BCUT2D eigenvalue weighted by atomic mass is 9.95. The van der Waals surface area contributed by atoms with Crippen molar-refractivity contribution in [3.63, 3.8) is 0 Å². The Balaban J connectivity index is 1.50. The largest absolute Gasteiger partial charge is 0.341 e. The van der Waals surface area contributed by atoms with Crippen LogP contribution < -0.4 is 5.32 Å². The monoisotopic (exact) mass is 500 g/mol. The zero-order chi connectivity index (χ0) is 24.4. The lowest BCUT2D eigenvalue weighted by molar-refractivity contribution is -0.132. The van der Waals surface area contributed by atoms with Crippen molar-refractivity contribution in [1.29, 1.82) is 0 Å². The van der Waals surface area contributed by atoms with Gasteiger partial charge in [-0.25, -0.2) is 4.79 Å². The molecule has 0 saturated carbocycles. The molecule has 1 N–H and O–H groups in total. The zero-order valence-electron chi connectivity index (χ0n) is 19.1. The second-order valence-electron chi connectivity index (χ2n) is 8.37. The first-order chi connectivity index (χ1) is 16.3. The number of urea groups is 1. The van der Waals surface area contributed by atoms with Crippen LogP contribution in [-0.2, 0) is 16.1 Å². The Morgan fingerprint density at radius 1 is 1.15 bits per heavy atom. The highest BCUT2D eigenvalue weighted by atomic mass is 35.5. The Hall–Kier alpha value is -3.03. The van der Waals surface area contributed by atoms with E-state index in [0.717, 1.165) is 5.56 Å². The number of halogens is 2. The van der Waals surface area contributed by atoms with Gasteiger partial charge in [-0.05, 0) is 30.2 Å². The van der Waals surface area contributed by atoms with E-state index >= 15 is 0 Å². The van der Waals surface area contributed by atoms with Gasteiger partial charge in [0.15, 0.2) is 0 Å². The molecule has 7 nitrogen and oxygen atoms in total. The molecule has 0 spiro atoms. The number of hydrogen-bond donors (Lipinski definition) is 1. The van der Waals surface area contributed by atoms with Gasteiger partial charge in [0.1, 0.15) is 0 Å². The van der Waals surface area contributed by atoms with Crippen LogP contribution in [-0.4, -0.2) is 59.2 Å². The Morgan fingerprint density at radius 2 is 1.88 bits per heavy atom. The van der Waals surface area contributed by atoms with Crippen LogP contribution in [0.1, 0.15) is 30.5 Å². The molecule has 0 bridgehead atoms. The summed E-state index contributed by atoms with van der Waals surface area (Å²) >= 11 is 12.4. The molecule has 0 aliphatic carbocycles. The minimum atomic E-state index is -0.677. The molecule has 178 valence electrons. The third-order valence-corrected chi connectivity index (χ3v) is 6.73. The first-order valence-electron chi connectivity index (χ1n) is 11.1. The second kappa shape index (κ2) is 10.1. The Kier molecular flexibility index (Phi) is 7.14. The Bertz CT molecular complexity index is 1150. The first kappa shape index (κ1) is 24.1. The molecule has 0 unspecified atom stereocenters. The number of likely N-dealkylation sites (N-methyl/N-ethyl adjacent to an activating group) is 1. The molecule has 2 aromatic carbocycles. The van der Waals surface area contributed by atoms with Crippen LogP contribution in [0.5, 0.6) is 0 Å². The van der Waals surface area contributed by atoms with E-state index in [2.05, 4.69) is 5.32 Å². The fourth-order valence-corrected chi connectivity index (χ4v) is 4.92. The topological polar surface area (TPSA) is 73.0 Å². The lowest BCUT2D eigenvalue weighted by Gasteiger charge is -2.33. The molecule has 0 aromatic heterocycles.